The molecule has 23 heavy (non-hydrogen) atoms. The highest BCUT2D eigenvalue weighted by Gasteiger charge is 2.25. The van der Waals surface area contributed by atoms with Crippen molar-refractivity contribution in [1.29, 1.82) is 0 Å². The summed E-state index contributed by atoms with van der Waals surface area (Å²) in [7, 11) is 0. The summed E-state index contributed by atoms with van der Waals surface area (Å²) in [5.41, 5.74) is -0.109. The van der Waals surface area contributed by atoms with Gasteiger partial charge in [-0.25, -0.2) is 4.79 Å². The Labute approximate surface area is 150 Å². The number of carbonyl (C=O) groups excluding carboxylic acids is 1. The van der Waals surface area contributed by atoms with E-state index in [1.807, 2.05) is 6.07 Å². The van der Waals surface area contributed by atoms with Crippen molar-refractivity contribution in [1.82, 2.24) is 5.32 Å². The van der Waals surface area contributed by atoms with Crippen molar-refractivity contribution < 1.29 is 9.21 Å². The normalized spacial score (nSPS) is 21.3. The molecule has 1 N–H and O–H groups in total. The van der Waals surface area contributed by atoms with Crippen molar-refractivity contribution in [2.45, 2.75) is 38.6 Å². The Morgan fingerprint density at radius 2 is 1.96 bits per heavy atom. The van der Waals surface area contributed by atoms with E-state index in [0.29, 0.717) is 21.4 Å². The molecule has 0 radical (unpaired) electrons. The fourth-order valence-electron chi connectivity index (χ4n) is 3.09. The van der Waals surface area contributed by atoms with Crippen molar-refractivity contribution in [3.05, 3.63) is 43.1 Å². The van der Waals surface area contributed by atoms with Crippen LogP contribution in [0.25, 0.3) is 11.0 Å². The van der Waals surface area contributed by atoms with Crippen LogP contribution in [0.5, 0.6) is 0 Å². The minimum Gasteiger partial charge on any atom is -0.421 e. The molecule has 0 unspecified atom stereocenters. The molecule has 1 fully saturated rings. The molecule has 2 atom stereocenters. The summed E-state index contributed by atoms with van der Waals surface area (Å²) in [5, 5.41) is 3.70. The number of rotatable bonds is 2. The summed E-state index contributed by atoms with van der Waals surface area (Å²) in [4.78, 5) is 24.7. The highest BCUT2D eigenvalue weighted by Crippen LogP contribution is 2.28. The monoisotopic (exact) mass is 441 g/mol. The van der Waals surface area contributed by atoms with Crippen LogP contribution in [0.3, 0.4) is 0 Å². The highest BCUT2D eigenvalue weighted by molar-refractivity contribution is 9.11. The lowest BCUT2D eigenvalue weighted by Gasteiger charge is -2.29. The third-order valence-corrected chi connectivity index (χ3v) is 5.47. The van der Waals surface area contributed by atoms with E-state index in [1.54, 1.807) is 12.1 Å². The Balaban J connectivity index is 1.94. The lowest BCUT2D eigenvalue weighted by molar-refractivity contribution is 0.0906. The summed E-state index contributed by atoms with van der Waals surface area (Å²) in [6.45, 7) is 2.14. The van der Waals surface area contributed by atoms with E-state index in [1.165, 1.54) is 6.42 Å². The van der Waals surface area contributed by atoms with Gasteiger partial charge >= 0.3 is 5.63 Å². The topological polar surface area (TPSA) is 59.3 Å². The molecule has 1 aliphatic rings. The SMILES string of the molecule is C[C@@H]1CCCC[C@@H]1NC(=O)c1cc2cc(Br)cc(Br)c2oc1=O. The molecule has 1 aromatic carbocycles. The first-order valence-corrected chi connectivity index (χ1v) is 9.28. The van der Waals surface area contributed by atoms with Gasteiger partial charge in [0.1, 0.15) is 5.56 Å². The smallest absolute Gasteiger partial charge is 0.349 e. The van der Waals surface area contributed by atoms with Gasteiger partial charge in [0.2, 0.25) is 0 Å². The Hall–Kier alpha value is -1.14. The number of carbonyl (C=O) groups is 1. The van der Waals surface area contributed by atoms with E-state index in [2.05, 4.69) is 44.1 Å². The van der Waals surface area contributed by atoms with Gasteiger partial charge in [-0.1, -0.05) is 35.7 Å². The van der Waals surface area contributed by atoms with Crippen LogP contribution >= 0.6 is 31.9 Å². The number of halogens is 2. The van der Waals surface area contributed by atoms with Crippen LogP contribution < -0.4 is 10.9 Å². The van der Waals surface area contributed by atoms with Crippen molar-refractivity contribution in [2.75, 3.05) is 0 Å². The van der Waals surface area contributed by atoms with E-state index >= 15 is 0 Å². The van der Waals surface area contributed by atoms with Gasteiger partial charge in [0.15, 0.2) is 5.58 Å². The van der Waals surface area contributed by atoms with E-state index in [-0.39, 0.29) is 17.5 Å². The van der Waals surface area contributed by atoms with Crippen molar-refractivity contribution >= 4 is 48.7 Å². The van der Waals surface area contributed by atoms with Crippen LogP contribution in [0.2, 0.25) is 0 Å². The molecule has 122 valence electrons. The molecule has 0 spiro atoms. The fraction of sp³-hybridized carbons (Fsp3) is 0.412. The third-order valence-electron chi connectivity index (χ3n) is 4.42. The quantitative estimate of drug-likeness (QED) is 0.690. The summed E-state index contributed by atoms with van der Waals surface area (Å²) in [6.07, 6.45) is 4.38. The molecule has 4 nitrogen and oxygen atoms in total. The van der Waals surface area contributed by atoms with Crippen LogP contribution in [0, 0.1) is 5.92 Å². The minimum atomic E-state index is -0.610. The Bertz CT molecular complexity index is 815. The second kappa shape index (κ2) is 6.77. The van der Waals surface area contributed by atoms with E-state index in [4.69, 9.17) is 4.42 Å². The van der Waals surface area contributed by atoms with Crippen LogP contribution in [0.1, 0.15) is 43.0 Å². The van der Waals surface area contributed by atoms with Gasteiger partial charge in [0.25, 0.3) is 5.91 Å². The van der Waals surface area contributed by atoms with E-state index in [0.717, 1.165) is 23.7 Å². The zero-order valence-corrected chi connectivity index (χ0v) is 15.9. The molecular formula is C17H17Br2NO3. The largest absolute Gasteiger partial charge is 0.421 e. The van der Waals surface area contributed by atoms with Crippen LogP contribution in [0.15, 0.2) is 36.4 Å². The van der Waals surface area contributed by atoms with Gasteiger partial charge < -0.3 is 9.73 Å². The zero-order valence-electron chi connectivity index (χ0n) is 12.7. The van der Waals surface area contributed by atoms with E-state index < -0.39 is 5.63 Å². The summed E-state index contributed by atoms with van der Waals surface area (Å²) < 4.78 is 6.85. The van der Waals surface area contributed by atoms with Crippen LogP contribution in [-0.4, -0.2) is 11.9 Å². The summed E-state index contributed by atoms with van der Waals surface area (Å²) in [5.74, 6) is 0.0824. The first-order valence-electron chi connectivity index (χ1n) is 7.69. The second-order valence-electron chi connectivity index (χ2n) is 6.10. The number of hydrogen-bond donors (Lipinski definition) is 1. The van der Waals surface area contributed by atoms with E-state index in [9.17, 15) is 9.59 Å². The zero-order chi connectivity index (χ0) is 16.6. The first-order chi connectivity index (χ1) is 11.0. The molecule has 1 heterocycles. The molecule has 0 aliphatic heterocycles. The average Bonchev–Trinajstić information content (AvgIpc) is 2.49. The van der Waals surface area contributed by atoms with Crippen molar-refractivity contribution in [3.63, 3.8) is 0 Å². The third kappa shape index (κ3) is 3.53. The van der Waals surface area contributed by atoms with Crippen molar-refractivity contribution in [3.8, 4) is 0 Å². The van der Waals surface area contributed by atoms with Gasteiger partial charge in [0, 0.05) is 15.9 Å². The van der Waals surface area contributed by atoms with Gasteiger partial charge in [-0.05, 0) is 52.9 Å². The maximum Gasteiger partial charge on any atom is 0.349 e. The molecule has 1 amide bonds. The van der Waals surface area contributed by atoms with Crippen molar-refractivity contribution in [2.24, 2.45) is 5.92 Å². The lowest BCUT2D eigenvalue weighted by Crippen LogP contribution is -2.42. The molecule has 0 bridgehead atoms. The van der Waals surface area contributed by atoms with Crippen LogP contribution in [-0.2, 0) is 0 Å². The average molecular weight is 443 g/mol. The number of nitrogens with one attached hydrogen (secondary N) is 1. The second-order valence-corrected chi connectivity index (χ2v) is 7.87. The minimum absolute atomic E-state index is 0.0558. The first kappa shape index (κ1) is 16.7. The number of amides is 1. The Morgan fingerprint density at radius 1 is 1.22 bits per heavy atom. The molecule has 2 aromatic rings. The Kier molecular flexibility index (Phi) is 4.92. The predicted octanol–water partition coefficient (Wildman–Crippen LogP) is 4.63. The lowest BCUT2D eigenvalue weighted by atomic mass is 9.86. The number of hydrogen-bond acceptors (Lipinski definition) is 3. The maximum atomic E-state index is 12.5. The standard InChI is InChI=1S/C17H17Br2NO3/c1-9-4-2-3-5-14(9)20-16(21)12-7-10-6-11(18)8-13(19)15(10)23-17(12)22/h6-9,14H,2-5H2,1H3,(H,20,21)/t9-,14+/m1/s1. The molecule has 6 heteroatoms. The molecule has 0 saturated heterocycles. The van der Waals surface area contributed by atoms with Gasteiger partial charge in [-0.2, -0.15) is 0 Å². The molecule has 1 aliphatic carbocycles. The highest BCUT2D eigenvalue weighted by atomic mass is 79.9. The molecule has 3 rings (SSSR count). The van der Waals surface area contributed by atoms with Gasteiger partial charge in [-0.3, -0.25) is 4.79 Å². The van der Waals surface area contributed by atoms with Gasteiger partial charge in [-0.15, -0.1) is 0 Å². The summed E-state index contributed by atoms with van der Waals surface area (Å²) in [6, 6.07) is 5.35. The Morgan fingerprint density at radius 3 is 2.70 bits per heavy atom. The predicted molar refractivity (Wildman–Crippen MR) is 96.8 cm³/mol. The fourth-order valence-corrected chi connectivity index (χ4v) is 4.43. The molecular weight excluding hydrogens is 426 g/mol. The van der Waals surface area contributed by atoms with Crippen LogP contribution in [0.4, 0.5) is 0 Å². The molecule has 1 saturated carbocycles. The summed E-state index contributed by atoms with van der Waals surface area (Å²) >= 11 is 6.77. The molecule has 1 aromatic heterocycles. The maximum absolute atomic E-state index is 12.5. The number of benzene rings is 1. The van der Waals surface area contributed by atoms with Gasteiger partial charge in [0.05, 0.1) is 4.47 Å². The number of fused-ring (bicyclic) bond motifs is 1.